The fraction of sp³-hybridized carbons (Fsp3) is 0.190. The molecular weight excluding hydrogens is 392 g/mol. The zero-order valence-corrected chi connectivity index (χ0v) is 17.6. The summed E-state index contributed by atoms with van der Waals surface area (Å²) in [5.74, 6) is -0.222. The van der Waals surface area contributed by atoms with Gasteiger partial charge in [0.05, 0.1) is 11.4 Å². The van der Waals surface area contributed by atoms with Gasteiger partial charge in [0.1, 0.15) is 0 Å². The number of sulfonamides is 1. The van der Waals surface area contributed by atoms with Crippen molar-refractivity contribution < 1.29 is 13.2 Å². The van der Waals surface area contributed by atoms with E-state index in [1.54, 1.807) is 47.5 Å². The molecule has 146 valence electrons. The Morgan fingerprint density at radius 1 is 1.07 bits per heavy atom. The van der Waals surface area contributed by atoms with E-state index in [2.05, 4.69) is 4.72 Å². The Bertz CT molecular complexity index is 1090. The van der Waals surface area contributed by atoms with Crippen LogP contribution in [0.4, 0.5) is 5.69 Å². The second-order valence-electron chi connectivity index (χ2n) is 6.69. The Hall–Kier alpha value is -2.64. The van der Waals surface area contributed by atoms with Crippen LogP contribution in [0.2, 0.25) is 0 Å². The first-order valence-electron chi connectivity index (χ1n) is 8.74. The lowest BCUT2D eigenvalue weighted by Crippen LogP contribution is -2.26. The molecule has 0 bridgehead atoms. The summed E-state index contributed by atoms with van der Waals surface area (Å²) in [6.45, 7) is 4.43. The van der Waals surface area contributed by atoms with Crippen LogP contribution >= 0.6 is 11.3 Å². The van der Waals surface area contributed by atoms with Crippen LogP contribution in [0, 0.1) is 13.8 Å². The highest BCUT2D eigenvalue weighted by Gasteiger charge is 2.19. The first-order valence-corrected chi connectivity index (χ1v) is 11.1. The topological polar surface area (TPSA) is 66.5 Å². The number of hydrogen-bond donors (Lipinski definition) is 1. The predicted octanol–water partition coefficient (Wildman–Crippen LogP) is 4.44. The molecule has 28 heavy (non-hydrogen) atoms. The number of aryl methyl sites for hydroxylation is 2. The van der Waals surface area contributed by atoms with E-state index in [0.717, 1.165) is 16.0 Å². The molecule has 1 N–H and O–H groups in total. The van der Waals surface area contributed by atoms with Crippen LogP contribution in [0.1, 0.15) is 26.4 Å². The molecule has 0 saturated heterocycles. The predicted molar refractivity (Wildman–Crippen MR) is 113 cm³/mol. The number of rotatable bonds is 6. The smallest absolute Gasteiger partial charge is 0.261 e. The molecule has 0 radical (unpaired) electrons. The van der Waals surface area contributed by atoms with Crippen LogP contribution in [0.3, 0.4) is 0 Å². The average molecular weight is 415 g/mol. The molecule has 7 heteroatoms. The van der Waals surface area contributed by atoms with Crippen LogP contribution in [0.25, 0.3) is 0 Å². The molecular formula is C21H22N2O3S2. The van der Waals surface area contributed by atoms with E-state index in [1.165, 1.54) is 12.1 Å². The van der Waals surface area contributed by atoms with E-state index in [4.69, 9.17) is 0 Å². The van der Waals surface area contributed by atoms with E-state index in [1.807, 2.05) is 37.4 Å². The van der Waals surface area contributed by atoms with Gasteiger partial charge in [-0.25, -0.2) is 8.42 Å². The highest BCUT2D eigenvalue weighted by molar-refractivity contribution is 7.92. The largest absolute Gasteiger partial charge is 0.337 e. The number of carbonyl (C=O) groups is 1. The van der Waals surface area contributed by atoms with Crippen molar-refractivity contribution in [3.8, 4) is 0 Å². The van der Waals surface area contributed by atoms with Crippen LogP contribution in [-0.4, -0.2) is 26.3 Å². The van der Waals surface area contributed by atoms with Crippen molar-refractivity contribution in [1.29, 1.82) is 0 Å². The number of anilines is 1. The molecule has 1 aromatic heterocycles. The molecule has 0 saturated carbocycles. The molecule has 2 aromatic carbocycles. The van der Waals surface area contributed by atoms with E-state index < -0.39 is 10.0 Å². The minimum absolute atomic E-state index is 0.0552. The average Bonchev–Trinajstić information content (AvgIpc) is 3.07. The van der Waals surface area contributed by atoms with Gasteiger partial charge in [-0.3, -0.25) is 9.52 Å². The van der Waals surface area contributed by atoms with Crippen molar-refractivity contribution in [2.45, 2.75) is 25.3 Å². The minimum atomic E-state index is -3.78. The maximum atomic E-state index is 12.8. The number of hydrogen-bond acceptors (Lipinski definition) is 4. The van der Waals surface area contributed by atoms with Crippen LogP contribution in [-0.2, 0) is 16.6 Å². The molecule has 5 nitrogen and oxygen atoms in total. The zero-order chi connectivity index (χ0) is 20.3. The fourth-order valence-corrected chi connectivity index (χ4v) is 4.77. The molecule has 0 atom stereocenters. The third-order valence-electron chi connectivity index (χ3n) is 4.39. The van der Waals surface area contributed by atoms with Gasteiger partial charge < -0.3 is 4.90 Å². The lowest BCUT2D eigenvalue weighted by molar-refractivity contribution is 0.0786. The quantitative estimate of drug-likeness (QED) is 0.648. The van der Waals surface area contributed by atoms with Crippen LogP contribution < -0.4 is 4.72 Å². The number of amides is 1. The van der Waals surface area contributed by atoms with Gasteiger partial charge in [-0.1, -0.05) is 23.8 Å². The number of thiophene rings is 1. The van der Waals surface area contributed by atoms with Gasteiger partial charge in [-0.05, 0) is 61.2 Å². The zero-order valence-electron chi connectivity index (χ0n) is 16.0. The van der Waals surface area contributed by atoms with E-state index in [0.29, 0.717) is 17.8 Å². The molecule has 1 amide bonds. The normalized spacial score (nSPS) is 11.2. The second kappa shape index (κ2) is 8.16. The van der Waals surface area contributed by atoms with Crippen LogP contribution in [0.5, 0.6) is 0 Å². The highest BCUT2D eigenvalue weighted by Crippen LogP contribution is 2.21. The maximum absolute atomic E-state index is 12.8. The summed E-state index contributed by atoms with van der Waals surface area (Å²) in [6.07, 6.45) is 0. The van der Waals surface area contributed by atoms with Crippen molar-refractivity contribution >= 4 is 33.0 Å². The van der Waals surface area contributed by atoms with Gasteiger partial charge in [0.2, 0.25) is 0 Å². The summed E-state index contributed by atoms with van der Waals surface area (Å²) in [5.41, 5.74) is 3.00. The van der Waals surface area contributed by atoms with Gasteiger partial charge >= 0.3 is 0 Å². The Morgan fingerprint density at radius 2 is 1.79 bits per heavy atom. The van der Waals surface area contributed by atoms with Crippen LogP contribution in [0.15, 0.2) is 64.9 Å². The van der Waals surface area contributed by atoms with Gasteiger partial charge in [0.25, 0.3) is 15.9 Å². The molecule has 1 heterocycles. The standard InChI is InChI=1S/C21H22N2O3S2/c1-15-7-9-18(10-8-15)22-28(25,26)19-6-4-5-17(13-19)21(24)23(3)14-20-16(2)11-12-27-20/h4-13,22H,14H2,1-3H3. The first kappa shape index (κ1) is 20.1. The maximum Gasteiger partial charge on any atom is 0.261 e. The third-order valence-corrected chi connectivity index (χ3v) is 6.78. The van der Waals surface area contributed by atoms with E-state index >= 15 is 0 Å². The lowest BCUT2D eigenvalue weighted by Gasteiger charge is -2.17. The fourth-order valence-electron chi connectivity index (χ4n) is 2.71. The van der Waals surface area contributed by atoms with Crippen molar-refractivity contribution in [1.82, 2.24) is 4.90 Å². The Morgan fingerprint density at radius 3 is 2.43 bits per heavy atom. The summed E-state index contributed by atoms with van der Waals surface area (Å²) in [6, 6.07) is 15.2. The Kier molecular flexibility index (Phi) is 5.86. The van der Waals surface area contributed by atoms with Gasteiger partial charge in [-0.2, -0.15) is 0 Å². The summed E-state index contributed by atoms with van der Waals surface area (Å²) in [4.78, 5) is 15.5. The monoisotopic (exact) mass is 414 g/mol. The van der Waals surface area contributed by atoms with E-state index in [9.17, 15) is 13.2 Å². The number of nitrogens with zero attached hydrogens (tertiary/aromatic N) is 1. The minimum Gasteiger partial charge on any atom is -0.337 e. The SMILES string of the molecule is Cc1ccc(NS(=O)(=O)c2cccc(C(=O)N(C)Cc3sccc3C)c2)cc1. The third kappa shape index (κ3) is 4.61. The molecule has 0 aliphatic heterocycles. The van der Waals surface area contributed by atoms with Crippen molar-refractivity contribution in [2.75, 3.05) is 11.8 Å². The molecule has 3 rings (SSSR count). The molecule has 3 aromatic rings. The number of nitrogens with one attached hydrogen (secondary N) is 1. The van der Waals surface area contributed by atoms with Crippen molar-refractivity contribution in [3.63, 3.8) is 0 Å². The summed E-state index contributed by atoms with van der Waals surface area (Å²) < 4.78 is 27.9. The Balaban J connectivity index is 1.79. The first-order chi connectivity index (χ1) is 13.3. The number of benzene rings is 2. The molecule has 0 unspecified atom stereocenters. The summed E-state index contributed by atoms with van der Waals surface area (Å²) >= 11 is 1.60. The molecule has 0 spiro atoms. The second-order valence-corrected chi connectivity index (χ2v) is 9.37. The summed E-state index contributed by atoms with van der Waals surface area (Å²) in [5, 5.41) is 1.99. The number of carbonyl (C=O) groups excluding carboxylic acids is 1. The van der Waals surface area contributed by atoms with Gasteiger partial charge in [0, 0.05) is 23.2 Å². The molecule has 0 fully saturated rings. The van der Waals surface area contributed by atoms with E-state index in [-0.39, 0.29) is 10.8 Å². The summed E-state index contributed by atoms with van der Waals surface area (Å²) in [7, 11) is -2.07. The molecule has 0 aliphatic carbocycles. The molecule has 0 aliphatic rings. The lowest BCUT2D eigenvalue weighted by atomic mass is 10.2. The Labute approximate surface area is 169 Å². The van der Waals surface area contributed by atoms with Crippen molar-refractivity contribution in [2.24, 2.45) is 0 Å². The van der Waals surface area contributed by atoms with Gasteiger partial charge in [0.15, 0.2) is 0 Å². The highest BCUT2D eigenvalue weighted by atomic mass is 32.2. The van der Waals surface area contributed by atoms with Crippen molar-refractivity contribution in [3.05, 3.63) is 81.5 Å². The van der Waals surface area contributed by atoms with Gasteiger partial charge in [-0.15, -0.1) is 11.3 Å².